The van der Waals surface area contributed by atoms with Crippen LogP contribution in [0.5, 0.6) is 0 Å². The van der Waals surface area contributed by atoms with Crippen LogP contribution < -0.4 is 0 Å². The third kappa shape index (κ3) is 4.15. The van der Waals surface area contributed by atoms with Gasteiger partial charge in [0.05, 0.1) is 33.5 Å². The molecule has 51 heavy (non-hydrogen) atoms. The molecule has 0 N–H and O–H groups in total. The van der Waals surface area contributed by atoms with Gasteiger partial charge < -0.3 is 4.57 Å². The standard InChI is InChI=1S/C46H27N5/c1-2-12-28(13-3-1)29-22-24-30(25-23-29)44-47-42-35-18-6-7-19-36(35)43-41(42)46(49-44)50-45(48-43)37-26-27-40(32-15-5-4-14-31(32)37)51-38-20-10-8-16-33(38)34-17-9-11-21-39(34)51/h1-27H. The Bertz CT molecular complexity index is 2960. The maximum atomic E-state index is 5.28. The Morgan fingerprint density at radius 2 is 0.843 bits per heavy atom. The van der Waals surface area contributed by atoms with E-state index in [0.29, 0.717) is 17.3 Å². The van der Waals surface area contributed by atoms with Crippen molar-refractivity contribution in [2.24, 2.45) is 0 Å². The highest BCUT2D eigenvalue weighted by Gasteiger charge is 2.28. The first-order valence-corrected chi connectivity index (χ1v) is 17.2. The summed E-state index contributed by atoms with van der Waals surface area (Å²) in [6.07, 6.45) is 0. The van der Waals surface area contributed by atoms with Crippen molar-refractivity contribution in [3.05, 3.63) is 164 Å². The van der Waals surface area contributed by atoms with E-state index in [1.54, 1.807) is 0 Å². The molecule has 5 nitrogen and oxygen atoms in total. The first-order chi connectivity index (χ1) is 25.3. The van der Waals surface area contributed by atoms with Gasteiger partial charge in [-0.05, 0) is 40.8 Å². The van der Waals surface area contributed by atoms with Gasteiger partial charge in [0.25, 0.3) is 0 Å². The van der Waals surface area contributed by atoms with E-state index in [9.17, 15) is 0 Å². The number of benzene rings is 7. The highest BCUT2D eigenvalue weighted by molar-refractivity contribution is 6.13. The van der Waals surface area contributed by atoms with Gasteiger partial charge in [-0.25, -0.2) is 19.9 Å². The summed E-state index contributed by atoms with van der Waals surface area (Å²) in [5, 5.41) is 5.59. The number of fused-ring (bicyclic) bond motifs is 7. The number of aromatic nitrogens is 5. The van der Waals surface area contributed by atoms with Crippen molar-refractivity contribution < 1.29 is 0 Å². The predicted octanol–water partition coefficient (Wildman–Crippen LogP) is 11.3. The molecule has 0 saturated heterocycles. The minimum absolute atomic E-state index is 0.647. The van der Waals surface area contributed by atoms with Gasteiger partial charge in [0.15, 0.2) is 17.3 Å². The second-order valence-corrected chi connectivity index (χ2v) is 13.0. The van der Waals surface area contributed by atoms with Crippen LogP contribution in [0.4, 0.5) is 0 Å². The molecule has 0 radical (unpaired) electrons. The Balaban J connectivity index is 1.12. The van der Waals surface area contributed by atoms with Crippen LogP contribution >= 0.6 is 0 Å². The van der Waals surface area contributed by atoms with Gasteiger partial charge in [-0.15, -0.1) is 0 Å². The molecule has 0 saturated carbocycles. The van der Waals surface area contributed by atoms with Crippen LogP contribution in [0.2, 0.25) is 0 Å². The molecule has 0 spiro atoms. The van der Waals surface area contributed by atoms with E-state index in [4.69, 9.17) is 19.9 Å². The summed E-state index contributed by atoms with van der Waals surface area (Å²) in [5.41, 5.74) is 12.2. The molecule has 5 heteroatoms. The van der Waals surface area contributed by atoms with Gasteiger partial charge in [0.1, 0.15) is 0 Å². The van der Waals surface area contributed by atoms with Crippen molar-refractivity contribution in [1.29, 1.82) is 0 Å². The first-order valence-electron chi connectivity index (χ1n) is 17.2. The molecule has 0 bridgehead atoms. The third-order valence-corrected chi connectivity index (χ3v) is 10.2. The van der Waals surface area contributed by atoms with E-state index < -0.39 is 0 Å². The van der Waals surface area contributed by atoms with Crippen molar-refractivity contribution in [2.45, 2.75) is 0 Å². The first kappa shape index (κ1) is 27.9. The van der Waals surface area contributed by atoms with Crippen molar-refractivity contribution >= 4 is 43.6 Å². The monoisotopic (exact) mass is 649 g/mol. The number of para-hydroxylation sites is 2. The van der Waals surface area contributed by atoms with Crippen LogP contribution in [0.15, 0.2) is 164 Å². The normalized spacial score (nSPS) is 11.9. The lowest BCUT2D eigenvalue weighted by Crippen LogP contribution is -2.00. The summed E-state index contributed by atoms with van der Waals surface area (Å²) in [5.74, 6) is 1.30. The molecule has 236 valence electrons. The predicted molar refractivity (Wildman–Crippen MR) is 208 cm³/mol. The molecule has 10 aromatic rings. The molecule has 0 amide bonds. The van der Waals surface area contributed by atoms with Gasteiger partial charge in [-0.2, -0.15) is 0 Å². The average Bonchev–Trinajstić information content (AvgIpc) is 3.71. The second kappa shape index (κ2) is 10.8. The fourth-order valence-electron chi connectivity index (χ4n) is 7.87. The highest BCUT2D eigenvalue weighted by atomic mass is 15.0. The van der Waals surface area contributed by atoms with E-state index in [1.165, 1.54) is 27.4 Å². The van der Waals surface area contributed by atoms with E-state index in [1.807, 2.05) is 6.07 Å². The molecule has 7 aromatic carbocycles. The van der Waals surface area contributed by atoms with Crippen LogP contribution in [-0.4, -0.2) is 24.5 Å². The van der Waals surface area contributed by atoms with Gasteiger partial charge in [-0.1, -0.05) is 140 Å². The van der Waals surface area contributed by atoms with Crippen molar-refractivity contribution in [2.75, 3.05) is 0 Å². The van der Waals surface area contributed by atoms with E-state index >= 15 is 0 Å². The highest BCUT2D eigenvalue weighted by Crippen LogP contribution is 2.46. The Kier molecular flexibility index (Phi) is 5.89. The lowest BCUT2D eigenvalue weighted by molar-refractivity contribution is 1.16. The summed E-state index contributed by atoms with van der Waals surface area (Å²) in [6, 6.07) is 57.4. The average molecular weight is 650 g/mol. The van der Waals surface area contributed by atoms with Crippen molar-refractivity contribution in [1.82, 2.24) is 24.5 Å². The maximum absolute atomic E-state index is 5.28. The van der Waals surface area contributed by atoms with Crippen LogP contribution in [0.25, 0.3) is 106 Å². The van der Waals surface area contributed by atoms with Gasteiger partial charge in [0.2, 0.25) is 0 Å². The van der Waals surface area contributed by atoms with Crippen molar-refractivity contribution in [3.63, 3.8) is 0 Å². The Morgan fingerprint density at radius 3 is 1.53 bits per heavy atom. The molecular weight excluding hydrogens is 623 g/mol. The topological polar surface area (TPSA) is 56.5 Å². The molecule has 0 fully saturated rings. The SMILES string of the molecule is c1ccc(-c2ccc(-c3nc4c5c(nc(-c6ccc(-n7c8ccccc8c8ccccc87)c7ccccc67)nc5n3)-c3ccccc3-4)cc2)cc1. The largest absolute Gasteiger partial charge is 0.309 e. The fourth-order valence-corrected chi connectivity index (χ4v) is 7.87. The smallest absolute Gasteiger partial charge is 0.168 e. The number of rotatable bonds is 4. The van der Waals surface area contributed by atoms with Gasteiger partial charge in [-0.3, -0.25) is 0 Å². The molecule has 3 heterocycles. The summed E-state index contributed by atoms with van der Waals surface area (Å²) >= 11 is 0. The van der Waals surface area contributed by atoms with Gasteiger partial charge in [0, 0.05) is 38.4 Å². The molecule has 0 aliphatic heterocycles. The van der Waals surface area contributed by atoms with E-state index in [2.05, 4.69) is 162 Å². The molecule has 1 aliphatic rings. The summed E-state index contributed by atoms with van der Waals surface area (Å²) in [4.78, 5) is 20.7. The second-order valence-electron chi connectivity index (χ2n) is 13.0. The molecule has 3 aromatic heterocycles. The zero-order valence-electron chi connectivity index (χ0n) is 27.3. The van der Waals surface area contributed by atoms with E-state index in [0.717, 1.165) is 61.1 Å². The zero-order chi connectivity index (χ0) is 33.5. The van der Waals surface area contributed by atoms with Crippen LogP contribution in [0.3, 0.4) is 0 Å². The minimum Gasteiger partial charge on any atom is -0.309 e. The molecule has 0 unspecified atom stereocenters. The van der Waals surface area contributed by atoms with Crippen LogP contribution in [0, 0.1) is 0 Å². The lowest BCUT2D eigenvalue weighted by Gasteiger charge is -2.15. The number of hydrogen-bond donors (Lipinski definition) is 0. The van der Waals surface area contributed by atoms with Crippen LogP contribution in [0.1, 0.15) is 0 Å². The summed E-state index contributed by atoms with van der Waals surface area (Å²) in [6.45, 7) is 0. The molecule has 0 atom stereocenters. The zero-order valence-corrected chi connectivity index (χ0v) is 27.3. The van der Waals surface area contributed by atoms with Gasteiger partial charge >= 0.3 is 0 Å². The molecule has 11 rings (SSSR count). The number of hydrogen-bond acceptors (Lipinski definition) is 4. The number of nitrogens with zero attached hydrogens (tertiary/aromatic N) is 5. The Hall–Kier alpha value is -6.98. The fraction of sp³-hybridized carbons (Fsp3) is 0. The Morgan fingerprint density at radius 1 is 0.333 bits per heavy atom. The lowest BCUT2D eigenvalue weighted by atomic mass is 10.0. The summed E-state index contributed by atoms with van der Waals surface area (Å²) in [7, 11) is 0. The Labute approximate surface area is 293 Å². The molecule has 1 aliphatic carbocycles. The third-order valence-electron chi connectivity index (χ3n) is 10.2. The molecular formula is C46H27N5. The maximum Gasteiger partial charge on any atom is 0.168 e. The summed E-state index contributed by atoms with van der Waals surface area (Å²) < 4.78 is 2.38. The van der Waals surface area contributed by atoms with Crippen molar-refractivity contribution in [3.8, 4) is 62.1 Å². The van der Waals surface area contributed by atoms with E-state index in [-0.39, 0.29) is 0 Å². The minimum atomic E-state index is 0.647. The van der Waals surface area contributed by atoms with Crippen LogP contribution in [-0.2, 0) is 0 Å². The quantitative estimate of drug-likeness (QED) is 0.190.